The van der Waals surface area contributed by atoms with Crippen LogP contribution in [0.4, 0.5) is 5.69 Å². The molecule has 0 saturated heterocycles. The molecule has 3 nitrogen and oxygen atoms in total. The van der Waals surface area contributed by atoms with Crippen LogP contribution in [0.1, 0.15) is 21.5 Å². The topological polar surface area (TPSA) is 38.3 Å². The van der Waals surface area contributed by atoms with E-state index in [0.29, 0.717) is 28.4 Å². The van der Waals surface area contributed by atoms with Gasteiger partial charge in [0.25, 0.3) is 5.91 Å². The number of rotatable bonds is 5. The number of halogens is 1. The minimum Gasteiger partial charge on any atom is -0.495 e. The Bertz CT molecular complexity index is 878. The zero-order valence-electron chi connectivity index (χ0n) is 13.8. The summed E-state index contributed by atoms with van der Waals surface area (Å²) in [5.74, 6) is 0.380. The maximum absolute atomic E-state index is 12.8. The molecule has 3 rings (SSSR count). The molecule has 0 aliphatic heterocycles. The van der Waals surface area contributed by atoms with Crippen LogP contribution in [0.3, 0.4) is 0 Å². The average Bonchev–Trinajstić information content (AvgIpc) is 2.63. The molecule has 0 saturated carbocycles. The quantitative estimate of drug-likeness (QED) is 0.686. The molecule has 0 spiro atoms. The Labute approximate surface area is 152 Å². The number of ether oxygens (including phenoxy) is 1. The van der Waals surface area contributed by atoms with Crippen molar-refractivity contribution in [1.29, 1.82) is 0 Å². The number of hydrogen-bond acceptors (Lipinski definition) is 2. The van der Waals surface area contributed by atoms with Crippen LogP contribution in [-0.4, -0.2) is 13.0 Å². The lowest BCUT2D eigenvalue weighted by atomic mass is 9.99. The van der Waals surface area contributed by atoms with E-state index in [9.17, 15) is 4.79 Å². The van der Waals surface area contributed by atoms with Gasteiger partial charge in [0.1, 0.15) is 5.75 Å². The number of nitrogens with one attached hydrogen (secondary N) is 1. The summed E-state index contributed by atoms with van der Waals surface area (Å²) < 4.78 is 5.29. The predicted molar refractivity (Wildman–Crippen MR) is 102 cm³/mol. The summed E-state index contributed by atoms with van der Waals surface area (Å²) >= 11 is 6.03. The average molecular weight is 352 g/mol. The summed E-state index contributed by atoms with van der Waals surface area (Å²) in [7, 11) is 1.56. The van der Waals surface area contributed by atoms with E-state index in [-0.39, 0.29) is 5.91 Å². The van der Waals surface area contributed by atoms with E-state index in [0.717, 1.165) is 11.1 Å². The second kappa shape index (κ2) is 7.86. The van der Waals surface area contributed by atoms with E-state index in [2.05, 4.69) is 17.4 Å². The molecule has 0 aromatic heterocycles. The van der Waals surface area contributed by atoms with Crippen LogP contribution in [0.15, 0.2) is 72.8 Å². The standard InChI is InChI=1S/C21H18ClNO2/c1-25-20-12-11-17(22)14-19(20)23-21(24)18-10-6-5-9-16(18)13-15-7-3-2-4-8-15/h2-12,14H,13H2,1H3,(H,23,24). The molecule has 0 radical (unpaired) electrons. The Kier molecular flexibility index (Phi) is 5.36. The second-order valence-corrected chi connectivity index (χ2v) is 6.05. The van der Waals surface area contributed by atoms with Gasteiger partial charge in [0.05, 0.1) is 12.8 Å². The fraction of sp³-hybridized carbons (Fsp3) is 0.0952. The first kappa shape index (κ1) is 17.1. The molecule has 25 heavy (non-hydrogen) atoms. The number of carbonyl (C=O) groups excluding carboxylic acids is 1. The number of benzene rings is 3. The molecule has 126 valence electrons. The predicted octanol–water partition coefficient (Wildman–Crippen LogP) is 5.19. The number of hydrogen-bond donors (Lipinski definition) is 1. The number of methoxy groups -OCH3 is 1. The first-order valence-electron chi connectivity index (χ1n) is 7.94. The van der Waals surface area contributed by atoms with Crippen LogP contribution in [0, 0.1) is 0 Å². The van der Waals surface area contributed by atoms with Crippen molar-refractivity contribution in [2.75, 3.05) is 12.4 Å². The zero-order valence-corrected chi connectivity index (χ0v) is 14.6. The molecular weight excluding hydrogens is 334 g/mol. The molecule has 0 aliphatic carbocycles. The van der Waals surface area contributed by atoms with Gasteiger partial charge in [-0.25, -0.2) is 0 Å². The van der Waals surface area contributed by atoms with Gasteiger partial charge in [-0.05, 0) is 41.8 Å². The van der Waals surface area contributed by atoms with Crippen molar-refractivity contribution in [2.45, 2.75) is 6.42 Å². The molecule has 1 N–H and O–H groups in total. The van der Waals surface area contributed by atoms with Crippen molar-refractivity contribution in [3.8, 4) is 5.75 Å². The van der Waals surface area contributed by atoms with Gasteiger partial charge in [-0.15, -0.1) is 0 Å². The van der Waals surface area contributed by atoms with Gasteiger partial charge in [-0.3, -0.25) is 4.79 Å². The third-order valence-electron chi connectivity index (χ3n) is 3.91. The van der Waals surface area contributed by atoms with Crippen LogP contribution >= 0.6 is 11.6 Å². The van der Waals surface area contributed by atoms with Gasteiger partial charge in [-0.2, -0.15) is 0 Å². The zero-order chi connectivity index (χ0) is 17.6. The Hall–Kier alpha value is -2.78. The molecule has 0 unspecified atom stereocenters. The van der Waals surface area contributed by atoms with E-state index >= 15 is 0 Å². The summed E-state index contributed by atoms with van der Waals surface area (Å²) in [6.45, 7) is 0. The van der Waals surface area contributed by atoms with Crippen LogP contribution in [0.25, 0.3) is 0 Å². The summed E-state index contributed by atoms with van der Waals surface area (Å²) in [5, 5.41) is 3.43. The van der Waals surface area contributed by atoms with Crippen LogP contribution in [0.5, 0.6) is 5.75 Å². The van der Waals surface area contributed by atoms with Gasteiger partial charge >= 0.3 is 0 Å². The fourth-order valence-electron chi connectivity index (χ4n) is 2.68. The fourth-order valence-corrected chi connectivity index (χ4v) is 2.85. The van der Waals surface area contributed by atoms with E-state index in [4.69, 9.17) is 16.3 Å². The van der Waals surface area contributed by atoms with E-state index in [1.165, 1.54) is 0 Å². The first-order chi connectivity index (χ1) is 12.2. The molecule has 4 heteroatoms. The van der Waals surface area contributed by atoms with Crippen molar-refractivity contribution >= 4 is 23.2 Å². The number of carbonyl (C=O) groups is 1. The third-order valence-corrected chi connectivity index (χ3v) is 4.14. The lowest BCUT2D eigenvalue weighted by Crippen LogP contribution is -2.15. The maximum atomic E-state index is 12.8. The van der Waals surface area contributed by atoms with Gasteiger partial charge in [0.2, 0.25) is 0 Å². The third kappa shape index (κ3) is 4.20. The smallest absolute Gasteiger partial charge is 0.256 e. The number of anilines is 1. The highest BCUT2D eigenvalue weighted by molar-refractivity contribution is 6.31. The second-order valence-electron chi connectivity index (χ2n) is 5.62. The van der Waals surface area contributed by atoms with E-state index in [1.807, 2.05) is 42.5 Å². The lowest BCUT2D eigenvalue weighted by Gasteiger charge is -2.13. The molecule has 0 aliphatic rings. The van der Waals surface area contributed by atoms with Gasteiger partial charge in [0, 0.05) is 10.6 Å². The Balaban J connectivity index is 1.87. The Morgan fingerprint density at radius 2 is 1.72 bits per heavy atom. The largest absolute Gasteiger partial charge is 0.495 e. The lowest BCUT2D eigenvalue weighted by molar-refractivity contribution is 0.102. The summed E-state index contributed by atoms with van der Waals surface area (Å²) in [5.41, 5.74) is 3.30. The van der Waals surface area contributed by atoms with Crippen molar-refractivity contribution < 1.29 is 9.53 Å². The summed E-state index contributed by atoms with van der Waals surface area (Å²) in [4.78, 5) is 12.8. The highest BCUT2D eigenvalue weighted by Gasteiger charge is 2.14. The Morgan fingerprint density at radius 1 is 1.00 bits per heavy atom. The first-order valence-corrected chi connectivity index (χ1v) is 8.32. The molecule has 3 aromatic rings. The molecule has 0 heterocycles. The molecule has 0 atom stereocenters. The van der Waals surface area contributed by atoms with Crippen molar-refractivity contribution in [3.63, 3.8) is 0 Å². The van der Waals surface area contributed by atoms with Gasteiger partial charge in [0.15, 0.2) is 0 Å². The van der Waals surface area contributed by atoms with Crippen molar-refractivity contribution in [2.24, 2.45) is 0 Å². The van der Waals surface area contributed by atoms with Crippen LogP contribution < -0.4 is 10.1 Å². The minimum absolute atomic E-state index is 0.188. The minimum atomic E-state index is -0.188. The van der Waals surface area contributed by atoms with E-state index < -0.39 is 0 Å². The van der Waals surface area contributed by atoms with Crippen LogP contribution in [-0.2, 0) is 6.42 Å². The molecule has 0 bridgehead atoms. The molecule has 3 aromatic carbocycles. The highest BCUT2D eigenvalue weighted by atomic mass is 35.5. The van der Waals surface area contributed by atoms with Crippen LogP contribution in [0.2, 0.25) is 5.02 Å². The van der Waals surface area contributed by atoms with Gasteiger partial charge < -0.3 is 10.1 Å². The molecular formula is C21H18ClNO2. The normalized spacial score (nSPS) is 10.3. The summed E-state index contributed by atoms with van der Waals surface area (Å²) in [6.07, 6.45) is 0.692. The number of amides is 1. The Morgan fingerprint density at radius 3 is 2.48 bits per heavy atom. The highest BCUT2D eigenvalue weighted by Crippen LogP contribution is 2.28. The van der Waals surface area contributed by atoms with Crippen molar-refractivity contribution in [1.82, 2.24) is 0 Å². The van der Waals surface area contributed by atoms with E-state index in [1.54, 1.807) is 25.3 Å². The van der Waals surface area contributed by atoms with Crippen molar-refractivity contribution in [3.05, 3.63) is 94.5 Å². The SMILES string of the molecule is COc1ccc(Cl)cc1NC(=O)c1ccccc1Cc1ccccc1. The maximum Gasteiger partial charge on any atom is 0.256 e. The monoisotopic (exact) mass is 351 g/mol. The molecule has 1 amide bonds. The van der Waals surface area contributed by atoms with Gasteiger partial charge in [-0.1, -0.05) is 60.1 Å². The summed E-state index contributed by atoms with van der Waals surface area (Å²) in [6, 6.07) is 22.8. The molecule has 0 fully saturated rings.